The highest BCUT2D eigenvalue weighted by atomic mass is 35.5. The lowest BCUT2D eigenvalue weighted by atomic mass is 9.81. The average Bonchev–Trinajstić information content (AvgIpc) is 2.60. The molecule has 1 aliphatic heterocycles. The average molecular weight is 219 g/mol. The second-order valence-electron chi connectivity index (χ2n) is 4.04. The van der Waals surface area contributed by atoms with Crippen LogP contribution < -0.4 is 0 Å². The van der Waals surface area contributed by atoms with Gasteiger partial charge in [-0.05, 0) is 12.8 Å². The van der Waals surface area contributed by atoms with E-state index in [9.17, 15) is 5.11 Å². The predicted molar refractivity (Wildman–Crippen MR) is 53.0 cm³/mol. The van der Waals surface area contributed by atoms with Crippen molar-refractivity contribution in [3.8, 4) is 0 Å². The second-order valence-corrected chi connectivity index (χ2v) is 4.50. The minimum atomic E-state index is -0.928. The Balaban J connectivity index is 2.01. The molecule has 0 amide bonds. The normalized spacial score (nSPS) is 29.3. The number of ether oxygens (including phenoxy) is 2. The first-order valence-electron chi connectivity index (χ1n) is 4.92. The Hall–Kier alpha value is -0.0900. The van der Waals surface area contributed by atoms with Gasteiger partial charge < -0.3 is 14.6 Å². The lowest BCUT2D eigenvalue weighted by Crippen LogP contribution is -2.43. The molecule has 0 radical (unpaired) electrons. The van der Waals surface area contributed by atoms with Gasteiger partial charge in [-0.2, -0.15) is 0 Å². The Bertz CT molecular complexity index is 236. The van der Waals surface area contributed by atoms with Crippen molar-refractivity contribution in [2.45, 2.75) is 37.1 Å². The summed E-state index contributed by atoms with van der Waals surface area (Å²) in [5.41, 5.74) is -0.928. The number of aliphatic hydroxyl groups is 1. The maximum Gasteiger partial charge on any atom is 0.168 e. The van der Waals surface area contributed by atoms with Crippen molar-refractivity contribution >= 4 is 11.6 Å². The Morgan fingerprint density at radius 3 is 2.07 bits per heavy atom. The molecule has 0 aromatic rings. The molecule has 14 heavy (non-hydrogen) atoms. The van der Waals surface area contributed by atoms with Crippen molar-refractivity contribution in [2.24, 2.45) is 0 Å². The van der Waals surface area contributed by atoms with Crippen LogP contribution in [-0.2, 0) is 9.47 Å². The van der Waals surface area contributed by atoms with E-state index in [1.165, 1.54) is 0 Å². The summed E-state index contributed by atoms with van der Waals surface area (Å²) in [6.07, 6.45) is 2.51. The molecule has 1 N–H and O–H groups in total. The van der Waals surface area contributed by atoms with Crippen molar-refractivity contribution in [3.05, 3.63) is 11.6 Å². The fourth-order valence-electron chi connectivity index (χ4n) is 2.10. The molecule has 0 aromatic carbocycles. The first-order valence-corrected chi connectivity index (χ1v) is 5.29. The molecule has 3 nitrogen and oxygen atoms in total. The van der Waals surface area contributed by atoms with Gasteiger partial charge in [0.15, 0.2) is 5.79 Å². The summed E-state index contributed by atoms with van der Waals surface area (Å²) < 4.78 is 11.1. The van der Waals surface area contributed by atoms with Crippen LogP contribution in [0.25, 0.3) is 0 Å². The highest BCUT2D eigenvalue weighted by Gasteiger charge is 2.46. The minimum absolute atomic E-state index is 0.324. The zero-order chi connectivity index (χ0) is 10.2. The van der Waals surface area contributed by atoms with E-state index in [1.54, 1.807) is 0 Å². The van der Waals surface area contributed by atoms with Gasteiger partial charge in [0.2, 0.25) is 0 Å². The number of rotatable bonds is 1. The van der Waals surface area contributed by atoms with Gasteiger partial charge in [-0.15, -0.1) is 0 Å². The van der Waals surface area contributed by atoms with Gasteiger partial charge in [0.1, 0.15) is 0 Å². The van der Waals surface area contributed by atoms with Crippen LogP contribution in [0.3, 0.4) is 0 Å². The Morgan fingerprint density at radius 2 is 1.64 bits per heavy atom. The number of halogens is 1. The van der Waals surface area contributed by atoms with Gasteiger partial charge in [-0.1, -0.05) is 18.2 Å². The molecule has 1 heterocycles. The van der Waals surface area contributed by atoms with E-state index in [0.29, 0.717) is 43.9 Å². The molecule has 80 valence electrons. The van der Waals surface area contributed by atoms with Crippen molar-refractivity contribution in [2.75, 3.05) is 13.2 Å². The molecule has 1 saturated heterocycles. The quantitative estimate of drug-likeness (QED) is 0.729. The summed E-state index contributed by atoms with van der Waals surface area (Å²) >= 11 is 5.77. The highest BCUT2D eigenvalue weighted by Crippen LogP contribution is 2.43. The van der Waals surface area contributed by atoms with E-state index in [4.69, 9.17) is 21.1 Å². The topological polar surface area (TPSA) is 38.7 Å². The zero-order valence-electron chi connectivity index (χ0n) is 8.09. The largest absolute Gasteiger partial charge is 0.384 e. The van der Waals surface area contributed by atoms with E-state index < -0.39 is 11.4 Å². The lowest BCUT2D eigenvalue weighted by Gasteiger charge is -2.40. The molecule has 1 spiro atoms. The van der Waals surface area contributed by atoms with Crippen LogP contribution in [-0.4, -0.2) is 29.7 Å². The van der Waals surface area contributed by atoms with E-state index in [1.807, 2.05) is 0 Å². The Kier molecular flexibility index (Phi) is 2.60. The van der Waals surface area contributed by atoms with Gasteiger partial charge in [0.05, 0.1) is 18.8 Å². The van der Waals surface area contributed by atoms with E-state index in [0.717, 1.165) is 0 Å². The smallest absolute Gasteiger partial charge is 0.168 e. The summed E-state index contributed by atoms with van der Waals surface area (Å²) in [6, 6.07) is 0. The molecule has 0 atom stereocenters. The van der Waals surface area contributed by atoms with Crippen molar-refractivity contribution in [3.63, 3.8) is 0 Å². The van der Waals surface area contributed by atoms with Gasteiger partial charge >= 0.3 is 0 Å². The third kappa shape index (κ3) is 1.70. The highest BCUT2D eigenvalue weighted by molar-refractivity contribution is 6.30. The van der Waals surface area contributed by atoms with Gasteiger partial charge in [-0.3, -0.25) is 0 Å². The Labute approximate surface area is 88.6 Å². The van der Waals surface area contributed by atoms with E-state index in [2.05, 4.69) is 6.58 Å². The second kappa shape index (κ2) is 3.49. The molecule has 1 aliphatic carbocycles. The van der Waals surface area contributed by atoms with Crippen molar-refractivity contribution < 1.29 is 14.6 Å². The maximum absolute atomic E-state index is 10.0. The summed E-state index contributed by atoms with van der Waals surface area (Å²) in [4.78, 5) is 0. The molecule has 2 aliphatic rings. The third-order valence-corrected chi connectivity index (χ3v) is 3.51. The van der Waals surface area contributed by atoms with Gasteiger partial charge in [-0.25, -0.2) is 0 Å². The first-order chi connectivity index (χ1) is 6.56. The fourth-order valence-corrected chi connectivity index (χ4v) is 2.29. The van der Waals surface area contributed by atoms with Crippen LogP contribution in [0.2, 0.25) is 0 Å². The molecule has 2 rings (SSSR count). The minimum Gasteiger partial charge on any atom is -0.384 e. The molecule has 0 bridgehead atoms. The maximum atomic E-state index is 10.0. The lowest BCUT2D eigenvalue weighted by molar-refractivity contribution is -0.196. The summed E-state index contributed by atoms with van der Waals surface area (Å²) in [5.74, 6) is -0.446. The summed E-state index contributed by atoms with van der Waals surface area (Å²) in [5, 5.41) is 10.4. The monoisotopic (exact) mass is 218 g/mol. The van der Waals surface area contributed by atoms with Crippen LogP contribution >= 0.6 is 11.6 Å². The molecular weight excluding hydrogens is 204 g/mol. The van der Waals surface area contributed by atoms with Gasteiger partial charge in [0.25, 0.3) is 0 Å². The molecule has 0 aromatic heterocycles. The fraction of sp³-hybridized carbons (Fsp3) is 0.800. The molecule has 4 heteroatoms. The standard InChI is InChI=1S/C10H15ClO3/c1-8(11)9(12)2-4-10(5-3-9)13-6-7-14-10/h12H,1-7H2. The molecule has 1 saturated carbocycles. The van der Waals surface area contributed by atoms with Crippen LogP contribution in [0, 0.1) is 0 Å². The van der Waals surface area contributed by atoms with Crippen molar-refractivity contribution in [1.82, 2.24) is 0 Å². The Morgan fingerprint density at radius 1 is 1.14 bits per heavy atom. The van der Waals surface area contributed by atoms with E-state index >= 15 is 0 Å². The van der Waals surface area contributed by atoms with E-state index in [-0.39, 0.29) is 0 Å². The summed E-state index contributed by atoms with van der Waals surface area (Å²) in [7, 11) is 0. The first kappa shape index (κ1) is 10.4. The molecular formula is C10H15ClO3. The van der Waals surface area contributed by atoms with Gasteiger partial charge in [0, 0.05) is 17.9 Å². The van der Waals surface area contributed by atoms with Crippen LogP contribution in [0.4, 0.5) is 0 Å². The zero-order valence-corrected chi connectivity index (χ0v) is 8.85. The van der Waals surface area contributed by atoms with Crippen LogP contribution in [0.5, 0.6) is 0 Å². The number of hydrogen-bond acceptors (Lipinski definition) is 3. The SMILES string of the molecule is C=C(Cl)C1(O)CCC2(CC1)OCCO2. The van der Waals surface area contributed by atoms with Crippen LogP contribution in [0.1, 0.15) is 25.7 Å². The summed E-state index contributed by atoms with van der Waals surface area (Å²) in [6.45, 7) is 4.91. The number of hydrogen-bond donors (Lipinski definition) is 1. The molecule has 0 unspecified atom stereocenters. The third-order valence-electron chi connectivity index (χ3n) is 3.16. The van der Waals surface area contributed by atoms with Crippen molar-refractivity contribution in [1.29, 1.82) is 0 Å². The predicted octanol–water partition coefficient (Wildman–Crippen LogP) is 1.79. The molecule has 2 fully saturated rings. The van der Waals surface area contributed by atoms with Crippen LogP contribution in [0.15, 0.2) is 11.6 Å².